The number of nitrogens with zero attached hydrogens (tertiary/aromatic N) is 1. The topological polar surface area (TPSA) is 51.2 Å². The molecule has 0 saturated carbocycles. The Bertz CT molecular complexity index is 597. The van der Waals surface area contributed by atoms with Gasteiger partial charge in [-0.1, -0.05) is 0 Å². The molecule has 0 aliphatic rings. The van der Waals surface area contributed by atoms with Crippen LogP contribution in [-0.4, -0.2) is 18.0 Å². The van der Waals surface area contributed by atoms with E-state index in [9.17, 15) is 9.18 Å². The molecule has 0 fully saturated rings. The third-order valence-electron chi connectivity index (χ3n) is 2.59. The molecule has 0 unspecified atom stereocenters. The highest BCUT2D eigenvalue weighted by molar-refractivity contribution is 6.04. The molecule has 1 heterocycles. The Morgan fingerprint density at radius 3 is 2.74 bits per heavy atom. The van der Waals surface area contributed by atoms with Crippen LogP contribution in [0.25, 0.3) is 0 Å². The molecule has 98 valence electrons. The average Bonchev–Trinajstić information content (AvgIpc) is 2.41. The maximum absolute atomic E-state index is 13.0. The molecule has 0 atom stereocenters. The third-order valence-corrected chi connectivity index (χ3v) is 2.59. The van der Waals surface area contributed by atoms with E-state index < -0.39 is 5.82 Å². The van der Waals surface area contributed by atoms with Gasteiger partial charge in [0.2, 0.25) is 0 Å². The number of hydrogen-bond acceptors (Lipinski definition) is 3. The number of carbonyl (C=O) groups excluding carboxylic acids is 1. The first-order chi connectivity index (χ1) is 9.10. The van der Waals surface area contributed by atoms with Crippen molar-refractivity contribution >= 4 is 11.6 Å². The maximum atomic E-state index is 13.0. The summed E-state index contributed by atoms with van der Waals surface area (Å²) in [5.74, 6) is -0.474. The Morgan fingerprint density at radius 2 is 2.11 bits per heavy atom. The number of ether oxygens (including phenoxy) is 1. The lowest BCUT2D eigenvalue weighted by molar-refractivity contribution is 0.102. The van der Waals surface area contributed by atoms with E-state index in [2.05, 4.69) is 10.3 Å². The van der Waals surface area contributed by atoms with Crippen LogP contribution in [-0.2, 0) is 0 Å². The number of carbonyl (C=O) groups is 1. The zero-order valence-corrected chi connectivity index (χ0v) is 10.6. The number of nitrogens with one attached hydrogen (secondary N) is 1. The van der Waals surface area contributed by atoms with E-state index in [-0.39, 0.29) is 11.7 Å². The minimum absolute atomic E-state index is 0.272. The molecule has 2 rings (SSSR count). The number of amides is 1. The van der Waals surface area contributed by atoms with Gasteiger partial charge in [0, 0.05) is 18.0 Å². The molecule has 5 heteroatoms. The quantitative estimate of drug-likeness (QED) is 0.923. The fraction of sp³-hybridized carbons (Fsp3) is 0.143. The Hall–Kier alpha value is -2.43. The summed E-state index contributed by atoms with van der Waals surface area (Å²) in [4.78, 5) is 16.0. The van der Waals surface area contributed by atoms with Crippen LogP contribution >= 0.6 is 0 Å². The predicted octanol–water partition coefficient (Wildman–Crippen LogP) is 2.79. The van der Waals surface area contributed by atoms with Crippen LogP contribution in [0.5, 0.6) is 5.75 Å². The van der Waals surface area contributed by atoms with Gasteiger partial charge >= 0.3 is 0 Å². The van der Waals surface area contributed by atoms with Gasteiger partial charge in [-0.05, 0) is 31.2 Å². The molecular weight excluding hydrogens is 247 g/mol. The van der Waals surface area contributed by atoms with Gasteiger partial charge in [-0.3, -0.25) is 9.78 Å². The minimum atomic E-state index is -0.424. The maximum Gasteiger partial charge on any atom is 0.257 e. The number of rotatable bonds is 3. The van der Waals surface area contributed by atoms with Crippen molar-refractivity contribution in [2.24, 2.45) is 0 Å². The van der Waals surface area contributed by atoms with Crippen LogP contribution in [0.2, 0.25) is 0 Å². The van der Waals surface area contributed by atoms with Gasteiger partial charge in [0.1, 0.15) is 11.6 Å². The van der Waals surface area contributed by atoms with Crippen molar-refractivity contribution in [1.82, 2.24) is 4.98 Å². The molecule has 0 spiro atoms. The van der Waals surface area contributed by atoms with Crippen LogP contribution in [0.1, 0.15) is 16.1 Å². The summed E-state index contributed by atoms with van der Waals surface area (Å²) in [5.41, 5.74) is 1.67. The first-order valence-corrected chi connectivity index (χ1v) is 5.67. The minimum Gasteiger partial charge on any atom is -0.494 e. The monoisotopic (exact) mass is 260 g/mol. The first-order valence-electron chi connectivity index (χ1n) is 5.67. The number of benzene rings is 1. The summed E-state index contributed by atoms with van der Waals surface area (Å²) >= 11 is 0. The van der Waals surface area contributed by atoms with E-state index in [1.54, 1.807) is 12.1 Å². The van der Waals surface area contributed by atoms with E-state index in [1.165, 1.54) is 31.5 Å². The zero-order valence-electron chi connectivity index (χ0n) is 10.6. The number of anilines is 1. The number of aryl methyl sites for hydroxylation is 1. The number of methoxy groups -OCH3 is 1. The van der Waals surface area contributed by atoms with E-state index in [0.717, 1.165) is 5.69 Å². The molecule has 1 amide bonds. The van der Waals surface area contributed by atoms with Crippen molar-refractivity contribution in [2.75, 3.05) is 12.4 Å². The molecule has 19 heavy (non-hydrogen) atoms. The molecule has 1 aromatic carbocycles. The largest absolute Gasteiger partial charge is 0.494 e. The van der Waals surface area contributed by atoms with Crippen molar-refractivity contribution < 1.29 is 13.9 Å². The highest BCUT2D eigenvalue weighted by Crippen LogP contribution is 2.25. The lowest BCUT2D eigenvalue weighted by Gasteiger charge is -2.10. The Balaban J connectivity index is 2.21. The van der Waals surface area contributed by atoms with Crippen molar-refractivity contribution in [2.45, 2.75) is 6.92 Å². The summed E-state index contributed by atoms with van der Waals surface area (Å²) < 4.78 is 18.0. The molecule has 0 radical (unpaired) electrons. The van der Waals surface area contributed by atoms with Gasteiger partial charge in [0.15, 0.2) is 0 Å². The molecular formula is C14H13FN2O2. The van der Waals surface area contributed by atoms with Gasteiger partial charge in [-0.15, -0.1) is 0 Å². The summed E-state index contributed by atoms with van der Waals surface area (Å²) in [5, 5.41) is 2.65. The van der Waals surface area contributed by atoms with Gasteiger partial charge in [-0.2, -0.15) is 0 Å². The number of pyridine rings is 1. The van der Waals surface area contributed by atoms with Crippen LogP contribution in [0.15, 0.2) is 36.5 Å². The predicted molar refractivity (Wildman–Crippen MR) is 69.9 cm³/mol. The molecule has 4 nitrogen and oxygen atoms in total. The van der Waals surface area contributed by atoms with Gasteiger partial charge in [0.25, 0.3) is 5.91 Å². The van der Waals surface area contributed by atoms with E-state index in [1.807, 2.05) is 6.92 Å². The van der Waals surface area contributed by atoms with E-state index in [4.69, 9.17) is 4.74 Å². The Kier molecular flexibility index (Phi) is 3.75. The van der Waals surface area contributed by atoms with Gasteiger partial charge < -0.3 is 10.1 Å². The molecule has 2 aromatic rings. The number of halogens is 1. The normalized spacial score (nSPS) is 10.1. The highest BCUT2D eigenvalue weighted by Gasteiger charge is 2.10. The Morgan fingerprint density at radius 1 is 1.32 bits per heavy atom. The lowest BCUT2D eigenvalue weighted by atomic mass is 10.2. The van der Waals surface area contributed by atoms with E-state index >= 15 is 0 Å². The smallest absolute Gasteiger partial charge is 0.257 e. The van der Waals surface area contributed by atoms with Crippen molar-refractivity contribution in [1.29, 1.82) is 0 Å². The second-order valence-corrected chi connectivity index (χ2v) is 3.99. The van der Waals surface area contributed by atoms with Crippen molar-refractivity contribution in [3.8, 4) is 5.75 Å². The third kappa shape index (κ3) is 3.07. The molecule has 0 aliphatic heterocycles. The van der Waals surface area contributed by atoms with Gasteiger partial charge in [-0.25, -0.2) is 4.39 Å². The van der Waals surface area contributed by atoms with Crippen LogP contribution in [0, 0.1) is 12.7 Å². The summed E-state index contributed by atoms with van der Waals surface area (Å²) in [6.45, 7) is 1.84. The first kappa shape index (κ1) is 13.0. The second kappa shape index (κ2) is 5.48. The van der Waals surface area contributed by atoms with Gasteiger partial charge in [0.05, 0.1) is 18.4 Å². The highest BCUT2D eigenvalue weighted by atomic mass is 19.1. The van der Waals surface area contributed by atoms with Crippen molar-refractivity contribution in [3.05, 3.63) is 53.6 Å². The standard InChI is InChI=1S/C14H13FN2O2/c1-9-3-4-10(8-16-9)14(18)17-12-6-5-11(15)7-13(12)19-2/h3-8H,1-2H3,(H,17,18). The fourth-order valence-corrected chi connectivity index (χ4v) is 1.56. The number of hydrogen-bond donors (Lipinski definition) is 1. The molecule has 1 N–H and O–H groups in total. The Labute approximate surface area is 110 Å². The lowest BCUT2D eigenvalue weighted by Crippen LogP contribution is -2.13. The molecule has 0 aliphatic carbocycles. The summed E-state index contributed by atoms with van der Waals surface area (Å²) in [7, 11) is 1.41. The summed E-state index contributed by atoms with van der Waals surface area (Å²) in [6, 6.07) is 7.34. The molecule has 0 bridgehead atoms. The average molecular weight is 260 g/mol. The van der Waals surface area contributed by atoms with Crippen molar-refractivity contribution in [3.63, 3.8) is 0 Å². The SMILES string of the molecule is COc1cc(F)ccc1NC(=O)c1ccc(C)nc1. The van der Waals surface area contributed by atoms with E-state index in [0.29, 0.717) is 11.3 Å². The molecule has 0 saturated heterocycles. The summed E-state index contributed by atoms with van der Waals surface area (Å²) in [6.07, 6.45) is 1.49. The fourth-order valence-electron chi connectivity index (χ4n) is 1.56. The number of aromatic nitrogens is 1. The van der Waals surface area contributed by atoms with Crippen LogP contribution in [0.3, 0.4) is 0 Å². The molecule has 1 aromatic heterocycles. The van der Waals surface area contributed by atoms with Crippen LogP contribution in [0.4, 0.5) is 10.1 Å². The zero-order chi connectivity index (χ0) is 13.8. The van der Waals surface area contributed by atoms with Crippen LogP contribution < -0.4 is 10.1 Å². The second-order valence-electron chi connectivity index (χ2n) is 3.99.